The third-order valence-corrected chi connectivity index (χ3v) is 2.76. The first-order valence-corrected chi connectivity index (χ1v) is 6.41. The quantitative estimate of drug-likeness (QED) is 0.763. The molecule has 0 saturated carbocycles. The number of hydrogen-bond acceptors (Lipinski definition) is 4. The van der Waals surface area contributed by atoms with Crippen molar-refractivity contribution < 1.29 is 19.2 Å². The molecule has 0 aliphatic carbocycles. The molecular formula is C14H17NO4. The lowest BCUT2D eigenvalue weighted by molar-refractivity contribution is -0.147. The molecule has 1 atom stereocenters. The van der Waals surface area contributed by atoms with E-state index in [0.717, 1.165) is 6.42 Å². The summed E-state index contributed by atoms with van der Waals surface area (Å²) in [5, 5.41) is 1.26. The summed E-state index contributed by atoms with van der Waals surface area (Å²) >= 11 is 0. The van der Waals surface area contributed by atoms with Gasteiger partial charge < -0.3 is 4.74 Å². The van der Waals surface area contributed by atoms with Crippen molar-refractivity contribution in [1.82, 2.24) is 0 Å². The number of para-hydroxylation sites is 1. The van der Waals surface area contributed by atoms with Crippen LogP contribution in [0.25, 0.3) is 0 Å². The van der Waals surface area contributed by atoms with Gasteiger partial charge in [0.2, 0.25) is 0 Å². The highest BCUT2D eigenvalue weighted by Gasteiger charge is 2.32. The maximum absolute atomic E-state index is 11.8. The third-order valence-electron chi connectivity index (χ3n) is 2.76. The van der Waals surface area contributed by atoms with E-state index in [1.807, 2.05) is 25.1 Å². The summed E-state index contributed by atoms with van der Waals surface area (Å²) in [6.45, 7) is 2.03. The van der Waals surface area contributed by atoms with Gasteiger partial charge in [0.25, 0.3) is 5.91 Å². The number of amides is 1. The summed E-state index contributed by atoms with van der Waals surface area (Å²) in [4.78, 5) is 28.6. The Labute approximate surface area is 112 Å². The van der Waals surface area contributed by atoms with Crippen molar-refractivity contribution in [1.29, 1.82) is 0 Å². The second kappa shape index (κ2) is 6.33. The molecule has 1 aromatic rings. The van der Waals surface area contributed by atoms with Crippen molar-refractivity contribution in [3.05, 3.63) is 30.3 Å². The fourth-order valence-corrected chi connectivity index (χ4v) is 1.84. The molecule has 19 heavy (non-hydrogen) atoms. The number of carbonyl (C=O) groups excluding carboxylic acids is 2. The van der Waals surface area contributed by atoms with Crippen LogP contribution in [-0.2, 0) is 19.2 Å². The number of carbonyl (C=O) groups is 2. The van der Waals surface area contributed by atoms with Crippen molar-refractivity contribution in [2.24, 2.45) is 0 Å². The van der Waals surface area contributed by atoms with E-state index in [1.165, 1.54) is 5.06 Å². The standard InChI is InChI=1S/C14H17NO4/c1-2-6-14(17)18-10-12-9-13(16)15(19-12)11-7-4-3-5-8-11/h3-5,7-8,12H,2,6,9-10H2,1H3/t12-/m1/s1. The number of anilines is 1. The van der Waals surface area contributed by atoms with Crippen LogP contribution in [0.2, 0.25) is 0 Å². The second-order valence-electron chi connectivity index (χ2n) is 4.39. The van der Waals surface area contributed by atoms with E-state index in [1.54, 1.807) is 12.1 Å². The topological polar surface area (TPSA) is 55.8 Å². The maximum atomic E-state index is 11.8. The maximum Gasteiger partial charge on any atom is 0.305 e. The van der Waals surface area contributed by atoms with Crippen LogP contribution in [0.15, 0.2) is 30.3 Å². The van der Waals surface area contributed by atoms with Gasteiger partial charge in [-0.2, -0.15) is 5.06 Å². The molecule has 1 aliphatic rings. The van der Waals surface area contributed by atoms with Gasteiger partial charge in [-0.25, -0.2) is 0 Å². The van der Waals surface area contributed by atoms with Crippen LogP contribution in [0.3, 0.4) is 0 Å². The zero-order chi connectivity index (χ0) is 13.7. The van der Waals surface area contributed by atoms with Gasteiger partial charge in [0.15, 0.2) is 0 Å². The summed E-state index contributed by atoms with van der Waals surface area (Å²) < 4.78 is 5.06. The average Bonchev–Trinajstić information content (AvgIpc) is 2.79. The van der Waals surface area contributed by atoms with Crippen LogP contribution in [0.1, 0.15) is 26.2 Å². The predicted molar refractivity (Wildman–Crippen MR) is 69.3 cm³/mol. The zero-order valence-electron chi connectivity index (χ0n) is 10.9. The summed E-state index contributed by atoms with van der Waals surface area (Å²) in [5.74, 6) is -0.376. The Kier molecular flexibility index (Phi) is 4.52. The third kappa shape index (κ3) is 3.54. The van der Waals surface area contributed by atoms with Crippen LogP contribution in [-0.4, -0.2) is 24.6 Å². The minimum absolute atomic E-state index is 0.119. The molecule has 0 spiro atoms. The summed E-state index contributed by atoms with van der Waals surface area (Å²) in [6, 6.07) is 9.13. The molecule has 1 heterocycles. The zero-order valence-corrected chi connectivity index (χ0v) is 10.9. The highest BCUT2D eigenvalue weighted by Crippen LogP contribution is 2.23. The fourth-order valence-electron chi connectivity index (χ4n) is 1.84. The lowest BCUT2D eigenvalue weighted by Gasteiger charge is -2.16. The van der Waals surface area contributed by atoms with E-state index >= 15 is 0 Å². The van der Waals surface area contributed by atoms with Gasteiger partial charge in [-0.3, -0.25) is 14.4 Å². The lowest BCUT2D eigenvalue weighted by atomic mass is 10.2. The molecule has 0 aromatic heterocycles. The molecule has 1 amide bonds. The molecule has 0 unspecified atom stereocenters. The summed E-state index contributed by atoms with van der Waals surface area (Å²) in [7, 11) is 0. The van der Waals surface area contributed by atoms with Crippen LogP contribution in [0, 0.1) is 0 Å². The number of benzene rings is 1. The monoisotopic (exact) mass is 263 g/mol. The van der Waals surface area contributed by atoms with E-state index in [9.17, 15) is 9.59 Å². The number of ether oxygens (including phenoxy) is 1. The predicted octanol–water partition coefficient (Wildman–Crippen LogP) is 2.07. The Hall–Kier alpha value is -1.88. The molecule has 5 nitrogen and oxygen atoms in total. The van der Waals surface area contributed by atoms with Gasteiger partial charge in [-0.1, -0.05) is 25.1 Å². The molecule has 102 valence electrons. The van der Waals surface area contributed by atoms with E-state index in [2.05, 4.69) is 0 Å². The van der Waals surface area contributed by atoms with E-state index in [-0.39, 0.29) is 24.9 Å². The van der Waals surface area contributed by atoms with Crippen molar-refractivity contribution in [3.63, 3.8) is 0 Å². The number of rotatable bonds is 5. The average molecular weight is 263 g/mol. The Morgan fingerprint density at radius 3 is 2.84 bits per heavy atom. The highest BCUT2D eigenvalue weighted by atomic mass is 16.7. The first-order valence-electron chi connectivity index (χ1n) is 6.41. The highest BCUT2D eigenvalue weighted by molar-refractivity contribution is 5.93. The summed E-state index contributed by atoms with van der Waals surface area (Å²) in [5.41, 5.74) is 0.690. The Bertz CT molecular complexity index is 446. The van der Waals surface area contributed by atoms with Gasteiger partial charge in [0.1, 0.15) is 12.7 Å². The van der Waals surface area contributed by atoms with E-state index < -0.39 is 6.10 Å². The number of hydroxylamine groups is 1. The van der Waals surface area contributed by atoms with Crippen molar-refractivity contribution in [3.8, 4) is 0 Å². The largest absolute Gasteiger partial charge is 0.463 e. The van der Waals surface area contributed by atoms with Crippen molar-refractivity contribution in [2.75, 3.05) is 11.7 Å². The van der Waals surface area contributed by atoms with Crippen LogP contribution in [0.5, 0.6) is 0 Å². The van der Waals surface area contributed by atoms with Crippen molar-refractivity contribution >= 4 is 17.6 Å². The minimum Gasteiger partial charge on any atom is -0.463 e. The number of hydrogen-bond donors (Lipinski definition) is 0. The van der Waals surface area contributed by atoms with E-state index in [0.29, 0.717) is 12.1 Å². The van der Waals surface area contributed by atoms with Gasteiger partial charge in [-0.15, -0.1) is 0 Å². The summed E-state index contributed by atoms with van der Waals surface area (Å²) in [6.07, 6.45) is 0.977. The van der Waals surface area contributed by atoms with Gasteiger partial charge >= 0.3 is 5.97 Å². The molecule has 1 aliphatic heterocycles. The molecular weight excluding hydrogens is 246 g/mol. The number of esters is 1. The molecule has 1 fully saturated rings. The second-order valence-corrected chi connectivity index (χ2v) is 4.39. The minimum atomic E-state index is -0.395. The van der Waals surface area contributed by atoms with Gasteiger partial charge in [0.05, 0.1) is 12.1 Å². The van der Waals surface area contributed by atoms with Gasteiger partial charge in [0, 0.05) is 6.42 Å². The molecule has 0 N–H and O–H groups in total. The van der Waals surface area contributed by atoms with Crippen LogP contribution < -0.4 is 5.06 Å². The molecule has 0 radical (unpaired) electrons. The fraction of sp³-hybridized carbons (Fsp3) is 0.429. The Morgan fingerprint density at radius 2 is 2.16 bits per heavy atom. The molecule has 1 aromatic carbocycles. The van der Waals surface area contributed by atoms with Crippen LogP contribution >= 0.6 is 0 Å². The molecule has 2 rings (SSSR count). The normalized spacial score (nSPS) is 18.7. The number of nitrogens with zero attached hydrogens (tertiary/aromatic N) is 1. The van der Waals surface area contributed by atoms with E-state index in [4.69, 9.17) is 9.57 Å². The first kappa shape index (κ1) is 13.5. The lowest BCUT2D eigenvalue weighted by Crippen LogP contribution is -2.24. The smallest absolute Gasteiger partial charge is 0.305 e. The SMILES string of the molecule is CCCC(=O)OC[C@H]1CC(=O)N(c2ccccc2)O1. The Morgan fingerprint density at radius 1 is 1.42 bits per heavy atom. The molecule has 5 heteroatoms. The van der Waals surface area contributed by atoms with Crippen LogP contribution in [0.4, 0.5) is 5.69 Å². The Balaban J connectivity index is 1.88. The van der Waals surface area contributed by atoms with Gasteiger partial charge in [-0.05, 0) is 18.6 Å². The molecule has 1 saturated heterocycles. The first-order chi connectivity index (χ1) is 9.20. The van der Waals surface area contributed by atoms with Crippen molar-refractivity contribution in [2.45, 2.75) is 32.3 Å². The molecule has 0 bridgehead atoms.